The summed E-state index contributed by atoms with van der Waals surface area (Å²) in [6.07, 6.45) is -3.17. The first-order valence-corrected chi connectivity index (χ1v) is 6.76. The molecule has 0 saturated heterocycles. The van der Waals surface area contributed by atoms with Crippen LogP contribution in [-0.2, 0) is 18.0 Å². The summed E-state index contributed by atoms with van der Waals surface area (Å²) in [6.45, 7) is 0. The summed E-state index contributed by atoms with van der Waals surface area (Å²) in [5, 5.41) is 21.6. The molecule has 126 valence electrons. The number of imidazole rings is 1. The number of benzene rings is 1. The lowest BCUT2D eigenvalue weighted by Crippen LogP contribution is -2.28. The second-order valence-electron chi connectivity index (χ2n) is 5.05. The number of carbonyl (C=O) groups excluding carboxylic acids is 1. The average molecular weight is 338 g/mol. The van der Waals surface area contributed by atoms with Crippen LogP contribution in [0.2, 0.25) is 0 Å². The summed E-state index contributed by atoms with van der Waals surface area (Å²) >= 11 is 0. The SMILES string of the molecule is Cn1cncc1C(O)C(C#N)C(=O)Nc1ccc(C(F)(F)F)cc1. The van der Waals surface area contributed by atoms with Crippen molar-refractivity contribution in [3.63, 3.8) is 0 Å². The van der Waals surface area contributed by atoms with Crippen LogP contribution in [0.25, 0.3) is 0 Å². The molecule has 0 spiro atoms. The summed E-state index contributed by atoms with van der Waals surface area (Å²) in [6, 6.07) is 5.47. The maximum atomic E-state index is 12.5. The summed E-state index contributed by atoms with van der Waals surface area (Å²) in [7, 11) is 1.59. The lowest BCUT2D eigenvalue weighted by molar-refractivity contribution is -0.137. The first-order valence-electron chi connectivity index (χ1n) is 6.76. The fraction of sp³-hybridized carbons (Fsp3) is 0.267. The van der Waals surface area contributed by atoms with E-state index in [9.17, 15) is 23.1 Å². The Morgan fingerprint density at radius 3 is 2.46 bits per heavy atom. The van der Waals surface area contributed by atoms with Crippen LogP contribution in [0.1, 0.15) is 17.4 Å². The van der Waals surface area contributed by atoms with Gasteiger partial charge in [-0.2, -0.15) is 18.4 Å². The number of nitrogens with zero attached hydrogens (tertiary/aromatic N) is 3. The van der Waals surface area contributed by atoms with Gasteiger partial charge in [-0.05, 0) is 24.3 Å². The lowest BCUT2D eigenvalue weighted by Gasteiger charge is -2.17. The van der Waals surface area contributed by atoms with Crippen molar-refractivity contribution in [2.24, 2.45) is 13.0 Å². The van der Waals surface area contributed by atoms with Crippen molar-refractivity contribution in [1.82, 2.24) is 9.55 Å². The minimum absolute atomic E-state index is 0.0884. The molecule has 6 nitrogen and oxygen atoms in total. The first-order chi connectivity index (χ1) is 11.2. The summed E-state index contributed by atoms with van der Waals surface area (Å²) in [5.41, 5.74) is -0.498. The van der Waals surface area contributed by atoms with E-state index < -0.39 is 29.7 Å². The molecule has 2 N–H and O–H groups in total. The van der Waals surface area contributed by atoms with Gasteiger partial charge in [0.25, 0.3) is 0 Å². The predicted molar refractivity (Wildman–Crippen MR) is 77.3 cm³/mol. The van der Waals surface area contributed by atoms with Gasteiger partial charge in [0.1, 0.15) is 6.10 Å². The van der Waals surface area contributed by atoms with Crippen molar-refractivity contribution in [3.05, 3.63) is 48.0 Å². The summed E-state index contributed by atoms with van der Waals surface area (Å²) in [4.78, 5) is 15.9. The quantitative estimate of drug-likeness (QED) is 0.894. The highest BCUT2D eigenvalue weighted by Gasteiger charge is 2.31. The molecule has 1 aromatic carbocycles. The Hall–Kier alpha value is -2.86. The van der Waals surface area contributed by atoms with Crippen LogP contribution in [0, 0.1) is 17.2 Å². The third kappa shape index (κ3) is 3.72. The molecule has 0 fully saturated rings. The van der Waals surface area contributed by atoms with Gasteiger partial charge in [0.05, 0.1) is 29.9 Å². The third-order valence-electron chi connectivity index (χ3n) is 3.37. The molecular weight excluding hydrogens is 325 g/mol. The second-order valence-corrected chi connectivity index (χ2v) is 5.05. The van der Waals surface area contributed by atoms with E-state index in [1.54, 1.807) is 13.1 Å². The number of halogens is 3. The van der Waals surface area contributed by atoms with Crippen LogP contribution in [0.4, 0.5) is 18.9 Å². The van der Waals surface area contributed by atoms with E-state index >= 15 is 0 Å². The van der Waals surface area contributed by atoms with Crippen LogP contribution in [0.3, 0.4) is 0 Å². The molecular formula is C15H13F3N4O2. The molecule has 0 aliphatic rings. The van der Waals surface area contributed by atoms with Crippen molar-refractivity contribution in [2.75, 3.05) is 5.32 Å². The summed E-state index contributed by atoms with van der Waals surface area (Å²) < 4.78 is 38.9. The number of anilines is 1. The molecule has 2 aromatic rings. The fourth-order valence-electron chi connectivity index (χ4n) is 2.06. The molecule has 0 saturated carbocycles. The highest BCUT2D eigenvalue weighted by Crippen LogP contribution is 2.30. The lowest BCUT2D eigenvalue weighted by atomic mass is 10.0. The van der Waals surface area contributed by atoms with Crippen molar-refractivity contribution in [2.45, 2.75) is 12.3 Å². The van der Waals surface area contributed by atoms with Gasteiger partial charge < -0.3 is 15.0 Å². The number of hydrogen-bond donors (Lipinski definition) is 2. The van der Waals surface area contributed by atoms with Gasteiger partial charge in [-0.15, -0.1) is 0 Å². The van der Waals surface area contributed by atoms with Crippen molar-refractivity contribution in [1.29, 1.82) is 5.26 Å². The average Bonchev–Trinajstić information content (AvgIpc) is 2.93. The monoisotopic (exact) mass is 338 g/mol. The van der Waals surface area contributed by atoms with Gasteiger partial charge in [0.2, 0.25) is 5.91 Å². The van der Waals surface area contributed by atoms with Gasteiger partial charge >= 0.3 is 6.18 Å². The van der Waals surface area contributed by atoms with E-state index in [1.165, 1.54) is 17.1 Å². The molecule has 2 unspecified atom stereocenters. The number of carbonyl (C=O) groups is 1. The number of rotatable bonds is 4. The first kappa shape index (κ1) is 17.5. The molecule has 1 amide bonds. The molecule has 2 rings (SSSR count). The zero-order valence-electron chi connectivity index (χ0n) is 12.4. The molecule has 0 aliphatic carbocycles. The van der Waals surface area contributed by atoms with E-state index in [1.807, 2.05) is 0 Å². The van der Waals surface area contributed by atoms with Crippen molar-refractivity contribution in [3.8, 4) is 6.07 Å². The Balaban J connectivity index is 2.13. The smallest absolute Gasteiger partial charge is 0.385 e. The van der Waals surface area contributed by atoms with E-state index in [0.29, 0.717) is 0 Å². The minimum atomic E-state index is -4.48. The highest BCUT2D eigenvalue weighted by atomic mass is 19.4. The van der Waals surface area contributed by atoms with Crippen LogP contribution in [-0.4, -0.2) is 20.6 Å². The topological polar surface area (TPSA) is 90.9 Å². The number of aliphatic hydroxyl groups excluding tert-OH is 1. The second kappa shape index (κ2) is 6.72. The third-order valence-corrected chi connectivity index (χ3v) is 3.37. The largest absolute Gasteiger partial charge is 0.416 e. The Labute approximate surface area is 135 Å². The maximum Gasteiger partial charge on any atom is 0.416 e. The van der Waals surface area contributed by atoms with Gasteiger partial charge in [-0.25, -0.2) is 4.98 Å². The van der Waals surface area contributed by atoms with Crippen LogP contribution < -0.4 is 5.32 Å². The highest BCUT2D eigenvalue weighted by molar-refractivity contribution is 5.94. The molecule has 2 atom stereocenters. The molecule has 0 bridgehead atoms. The van der Waals surface area contributed by atoms with Crippen molar-refractivity contribution >= 4 is 11.6 Å². The normalized spacial score (nSPS) is 13.8. The van der Waals surface area contributed by atoms with Crippen LogP contribution in [0.5, 0.6) is 0 Å². The zero-order chi connectivity index (χ0) is 17.9. The molecule has 9 heteroatoms. The fourth-order valence-corrected chi connectivity index (χ4v) is 2.06. The Bertz CT molecular complexity index is 762. The number of aromatic nitrogens is 2. The van der Waals surface area contributed by atoms with E-state index in [-0.39, 0.29) is 11.4 Å². The Kier molecular flexibility index (Phi) is 4.90. The van der Waals surface area contributed by atoms with Crippen LogP contribution >= 0.6 is 0 Å². The van der Waals surface area contributed by atoms with E-state index in [0.717, 1.165) is 24.3 Å². The minimum Gasteiger partial charge on any atom is -0.385 e. The molecule has 1 aromatic heterocycles. The number of hydrogen-bond acceptors (Lipinski definition) is 4. The Morgan fingerprint density at radius 1 is 1.38 bits per heavy atom. The van der Waals surface area contributed by atoms with Gasteiger partial charge in [0.15, 0.2) is 5.92 Å². The standard InChI is InChI=1S/C15H13F3N4O2/c1-22-8-20-7-12(22)13(23)11(6-19)14(24)21-10-4-2-9(3-5-10)15(16,17)18/h2-5,7-8,11,13,23H,1H3,(H,21,24). The number of aryl methyl sites for hydroxylation is 1. The van der Waals surface area contributed by atoms with Gasteiger partial charge in [-0.1, -0.05) is 0 Å². The van der Waals surface area contributed by atoms with Gasteiger partial charge in [0, 0.05) is 12.7 Å². The molecule has 1 heterocycles. The summed E-state index contributed by atoms with van der Waals surface area (Å²) in [5.74, 6) is -2.27. The number of nitriles is 1. The molecule has 0 radical (unpaired) electrons. The zero-order valence-corrected chi connectivity index (χ0v) is 12.4. The number of aliphatic hydroxyl groups is 1. The van der Waals surface area contributed by atoms with Crippen molar-refractivity contribution < 1.29 is 23.1 Å². The Morgan fingerprint density at radius 2 is 2.00 bits per heavy atom. The molecule has 0 aliphatic heterocycles. The maximum absolute atomic E-state index is 12.5. The predicted octanol–water partition coefficient (Wildman–Crippen LogP) is 2.25. The number of nitrogens with one attached hydrogen (secondary N) is 1. The van der Waals surface area contributed by atoms with Gasteiger partial charge in [-0.3, -0.25) is 4.79 Å². The van der Waals surface area contributed by atoms with Crippen LogP contribution in [0.15, 0.2) is 36.8 Å². The van der Waals surface area contributed by atoms with E-state index in [4.69, 9.17) is 5.26 Å². The van der Waals surface area contributed by atoms with E-state index in [2.05, 4.69) is 10.3 Å². The molecule has 24 heavy (non-hydrogen) atoms. The number of amides is 1. The number of alkyl halides is 3.